The number of hydrogen-bond acceptors (Lipinski definition) is 5. The molecule has 1 aromatic heterocycles. The molecule has 2 aromatic carbocycles. The lowest BCUT2D eigenvalue weighted by atomic mass is 9.90. The van der Waals surface area contributed by atoms with Gasteiger partial charge in [0.2, 0.25) is 5.95 Å². The second-order valence-electron chi connectivity index (χ2n) is 7.02. The summed E-state index contributed by atoms with van der Waals surface area (Å²) in [6.07, 6.45) is 4.86. The van der Waals surface area contributed by atoms with E-state index in [0.29, 0.717) is 23.4 Å². The van der Waals surface area contributed by atoms with Gasteiger partial charge >= 0.3 is 0 Å². The highest BCUT2D eigenvalue weighted by Crippen LogP contribution is 2.25. The highest BCUT2D eigenvalue weighted by molar-refractivity contribution is 6.31. The van der Waals surface area contributed by atoms with E-state index in [1.807, 2.05) is 0 Å². The van der Waals surface area contributed by atoms with Gasteiger partial charge in [0.1, 0.15) is 5.82 Å². The summed E-state index contributed by atoms with van der Waals surface area (Å²) < 4.78 is 13.3. The summed E-state index contributed by atoms with van der Waals surface area (Å²) in [5.74, 6) is 1.39. The summed E-state index contributed by atoms with van der Waals surface area (Å²) in [6.45, 7) is 1.82. The molecule has 0 spiro atoms. The molecule has 1 aliphatic heterocycles. The molecular weight excluding hydrogens is 377 g/mol. The van der Waals surface area contributed by atoms with Crippen LogP contribution < -0.4 is 10.2 Å². The van der Waals surface area contributed by atoms with Crippen molar-refractivity contribution in [3.63, 3.8) is 0 Å². The topological polar surface area (TPSA) is 53.9 Å². The van der Waals surface area contributed by atoms with Crippen LogP contribution in [0.2, 0.25) is 5.02 Å². The average molecular weight is 398 g/mol. The van der Waals surface area contributed by atoms with Crippen LogP contribution in [0.3, 0.4) is 0 Å². The van der Waals surface area contributed by atoms with Crippen LogP contribution >= 0.6 is 11.6 Å². The fraction of sp³-hybridized carbons (Fsp3) is 0.286. The van der Waals surface area contributed by atoms with Gasteiger partial charge in [-0.2, -0.15) is 10.1 Å². The Kier molecular flexibility index (Phi) is 5.67. The van der Waals surface area contributed by atoms with Crippen LogP contribution in [-0.4, -0.2) is 28.3 Å². The van der Waals surface area contributed by atoms with E-state index in [4.69, 9.17) is 11.6 Å². The van der Waals surface area contributed by atoms with Crippen molar-refractivity contribution in [2.24, 2.45) is 5.92 Å². The van der Waals surface area contributed by atoms with Gasteiger partial charge in [0.15, 0.2) is 5.82 Å². The van der Waals surface area contributed by atoms with Gasteiger partial charge in [-0.3, -0.25) is 0 Å². The molecule has 0 saturated carbocycles. The van der Waals surface area contributed by atoms with Crippen molar-refractivity contribution in [1.29, 1.82) is 0 Å². The molecule has 1 aliphatic rings. The van der Waals surface area contributed by atoms with Gasteiger partial charge in [0.25, 0.3) is 0 Å². The molecule has 4 rings (SSSR count). The first-order valence-corrected chi connectivity index (χ1v) is 9.76. The van der Waals surface area contributed by atoms with Crippen molar-refractivity contribution in [3.8, 4) is 0 Å². The number of piperidine rings is 1. The zero-order valence-electron chi connectivity index (χ0n) is 15.4. The number of rotatable bonds is 5. The third-order valence-electron chi connectivity index (χ3n) is 5.00. The molecular formula is C21H21ClFN5. The number of hydrogen-bond donors (Lipinski definition) is 1. The molecule has 3 aromatic rings. The Morgan fingerprint density at radius 1 is 1.11 bits per heavy atom. The van der Waals surface area contributed by atoms with Crippen LogP contribution in [-0.2, 0) is 6.42 Å². The van der Waals surface area contributed by atoms with Crippen LogP contribution in [0.15, 0.2) is 54.7 Å². The minimum atomic E-state index is -0.452. The Bertz CT molecular complexity index is 929. The van der Waals surface area contributed by atoms with Crippen molar-refractivity contribution in [3.05, 3.63) is 71.1 Å². The first-order chi connectivity index (χ1) is 13.7. The minimum Gasteiger partial charge on any atom is -0.339 e. The smallest absolute Gasteiger partial charge is 0.247 e. The van der Waals surface area contributed by atoms with E-state index in [9.17, 15) is 4.39 Å². The number of nitrogens with one attached hydrogen (secondary N) is 1. The van der Waals surface area contributed by atoms with Crippen LogP contribution in [0, 0.1) is 11.7 Å². The number of halogens is 2. The number of anilines is 3. The Balaban J connectivity index is 1.37. The van der Waals surface area contributed by atoms with Crippen molar-refractivity contribution in [2.75, 3.05) is 23.3 Å². The Hall–Kier alpha value is -2.73. The largest absolute Gasteiger partial charge is 0.339 e. The summed E-state index contributed by atoms with van der Waals surface area (Å²) in [5.41, 5.74) is 2.04. The van der Waals surface area contributed by atoms with Gasteiger partial charge in [0, 0.05) is 18.8 Å². The average Bonchev–Trinajstić information content (AvgIpc) is 2.72. The molecule has 0 bridgehead atoms. The van der Waals surface area contributed by atoms with E-state index in [2.05, 4.69) is 55.7 Å². The van der Waals surface area contributed by atoms with Crippen LogP contribution in [0.4, 0.5) is 21.8 Å². The van der Waals surface area contributed by atoms with Gasteiger partial charge < -0.3 is 10.2 Å². The third-order valence-corrected chi connectivity index (χ3v) is 5.29. The molecule has 1 N–H and O–H groups in total. The molecule has 1 saturated heterocycles. The molecule has 7 heteroatoms. The predicted molar refractivity (Wildman–Crippen MR) is 110 cm³/mol. The standard InChI is InChI=1S/C21H21ClFN5/c22-18-13-17(6-7-19(18)23)25-20-14-24-27-21(26-20)28-10-8-16(9-11-28)12-15-4-2-1-3-5-15/h1-7,13-14,16H,8-12H2,(H,25,26,27). The van der Waals surface area contributed by atoms with E-state index >= 15 is 0 Å². The normalized spacial score (nSPS) is 14.9. The fourth-order valence-electron chi connectivity index (χ4n) is 3.49. The quantitative estimate of drug-likeness (QED) is 0.665. The number of aromatic nitrogens is 3. The lowest BCUT2D eigenvalue weighted by Gasteiger charge is -2.31. The summed E-state index contributed by atoms with van der Waals surface area (Å²) >= 11 is 5.83. The fourth-order valence-corrected chi connectivity index (χ4v) is 3.68. The molecule has 0 radical (unpaired) electrons. The maximum absolute atomic E-state index is 13.3. The Labute approximate surface area is 168 Å². The van der Waals surface area contributed by atoms with E-state index in [1.165, 1.54) is 17.7 Å². The van der Waals surface area contributed by atoms with Gasteiger partial charge in [-0.15, -0.1) is 5.10 Å². The maximum atomic E-state index is 13.3. The lowest BCUT2D eigenvalue weighted by Crippen LogP contribution is -2.35. The van der Waals surface area contributed by atoms with Crippen molar-refractivity contribution < 1.29 is 4.39 Å². The van der Waals surface area contributed by atoms with E-state index in [-0.39, 0.29) is 5.02 Å². The Morgan fingerprint density at radius 3 is 2.64 bits per heavy atom. The number of benzene rings is 2. The minimum absolute atomic E-state index is 0.0627. The first-order valence-electron chi connectivity index (χ1n) is 9.38. The third kappa shape index (κ3) is 4.57. The second kappa shape index (κ2) is 8.52. The molecule has 0 unspecified atom stereocenters. The molecule has 2 heterocycles. The van der Waals surface area contributed by atoms with Crippen molar-refractivity contribution in [2.45, 2.75) is 19.3 Å². The second-order valence-corrected chi connectivity index (χ2v) is 7.42. The van der Waals surface area contributed by atoms with Crippen molar-refractivity contribution in [1.82, 2.24) is 15.2 Å². The first kappa shape index (κ1) is 18.6. The zero-order chi connectivity index (χ0) is 19.3. The molecule has 0 aliphatic carbocycles. The monoisotopic (exact) mass is 397 g/mol. The SMILES string of the molecule is Fc1ccc(Nc2cnnc(N3CCC(Cc4ccccc4)CC3)n2)cc1Cl. The van der Waals surface area contributed by atoms with Gasteiger partial charge in [0.05, 0.1) is 11.2 Å². The molecule has 0 amide bonds. The van der Waals surface area contributed by atoms with Crippen LogP contribution in [0.25, 0.3) is 0 Å². The van der Waals surface area contributed by atoms with Crippen molar-refractivity contribution >= 4 is 29.1 Å². The van der Waals surface area contributed by atoms with E-state index < -0.39 is 5.82 Å². The Morgan fingerprint density at radius 2 is 1.89 bits per heavy atom. The summed E-state index contributed by atoms with van der Waals surface area (Å²) in [4.78, 5) is 6.72. The molecule has 144 valence electrons. The molecule has 28 heavy (non-hydrogen) atoms. The molecule has 5 nitrogen and oxygen atoms in total. The van der Waals surface area contributed by atoms with Gasteiger partial charge in [-0.1, -0.05) is 41.9 Å². The van der Waals surface area contributed by atoms with Crippen LogP contribution in [0.1, 0.15) is 18.4 Å². The van der Waals surface area contributed by atoms with E-state index in [1.54, 1.807) is 12.3 Å². The highest BCUT2D eigenvalue weighted by Gasteiger charge is 2.21. The van der Waals surface area contributed by atoms with E-state index in [0.717, 1.165) is 32.4 Å². The highest BCUT2D eigenvalue weighted by atomic mass is 35.5. The predicted octanol–water partition coefficient (Wildman–Crippen LogP) is 4.87. The lowest BCUT2D eigenvalue weighted by molar-refractivity contribution is 0.400. The van der Waals surface area contributed by atoms with Crippen LogP contribution in [0.5, 0.6) is 0 Å². The maximum Gasteiger partial charge on any atom is 0.247 e. The summed E-state index contributed by atoms with van der Waals surface area (Å²) in [6, 6.07) is 15.1. The van der Waals surface area contributed by atoms with Gasteiger partial charge in [-0.05, 0) is 48.9 Å². The summed E-state index contributed by atoms with van der Waals surface area (Å²) in [7, 11) is 0. The zero-order valence-corrected chi connectivity index (χ0v) is 16.1. The summed E-state index contributed by atoms with van der Waals surface area (Å²) in [5, 5.41) is 11.4. The molecule has 0 atom stereocenters. The number of nitrogens with zero attached hydrogens (tertiary/aromatic N) is 4. The molecule has 1 fully saturated rings. The van der Waals surface area contributed by atoms with Gasteiger partial charge in [-0.25, -0.2) is 4.39 Å².